The van der Waals surface area contributed by atoms with Crippen LogP contribution in [0.2, 0.25) is 0 Å². The predicted octanol–water partition coefficient (Wildman–Crippen LogP) is 1.62. The Balaban J connectivity index is 1.83. The quantitative estimate of drug-likeness (QED) is 0.566. The van der Waals surface area contributed by atoms with Crippen LogP contribution < -0.4 is 16.4 Å². The summed E-state index contributed by atoms with van der Waals surface area (Å²) >= 11 is 0. The van der Waals surface area contributed by atoms with Crippen molar-refractivity contribution in [1.82, 2.24) is 5.32 Å². The van der Waals surface area contributed by atoms with Crippen molar-refractivity contribution in [3.63, 3.8) is 0 Å². The van der Waals surface area contributed by atoms with Crippen LogP contribution in [0, 0.1) is 0 Å². The maximum atomic E-state index is 11.2. The molecular weight excluding hydrogens is 290 g/mol. The van der Waals surface area contributed by atoms with Gasteiger partial charge in [-0.15, -0.1) is 0 Å². The lowest BCUT2D eigenvalue weighted by Gasteiger charge is -2.14. The lowest BCUT2D eigenvalue weighted by molar-refractivity contribution is -0.120. The van der Waals surface area contributed by atoms with E-state index in [9.17, 15) is 4.79 Å². The first-order valence-corrected chi connectivity index (χ1v) is 7.69. The van der Waals surface area contributed by atoms with Crippen molar-refractivity contribution in [2.24, 2.45) is 5.73 Å². The first-order valence-electron chi connectivity index (χ1n) is 7.69. The molecule has 0 aromatic heterocycles. The Hall–Kier alpha value is -2.37. The molecule has 1 amide bonds. The van der Waals surface area contributed by atoms with E-state index in [1.807, 2.05) is 42.5 Å². The molecular formula is C18H23N3O2. The Bertz CT molecular complexity index is 599. The molecule has 0 aliphatic carbocycles. The fourth-order valence-corrected chi connectivity index (χ4v) is 2.26. The molecule has 2 rings (SSSR count). The van der Waals surface area contributed by atoms with Crippen molar-refractivity contribution >= 4 is 11.6 Å². The summed E-state index contributed by atoms with van der Waals surface area (Å²) in [5.41, 5.74) is 8.61. The number of hydrogen-bond acceptors (Lipinski definition) is 4. The van der Waals surface area contributed by atoms with Gasteiger partial charge < -0.3 is 21.5 Å². The highest BCUT2D eigenvalue weighted by Gasteiger charge is 2.13. The number of rotatable bonds is 9. The fraction of sp³-hybridized carbons (Fsp3) is 0.278. The highest BCUT2D eigenvalue weighted by molar-refractivity contribution is 5.79. The van der Waals surface area contributed by atoms with E-state index in [4.69, 9.17) is 10.8 Å². The van der Waals surface area contributed by atoms with Crippen LogP contribution in [-0.2, 0) is 17.9 Å². The molecule has 0 saturated heterocycles. The SMILES string of the molecule is NC(=O)C(CCO)NCc1ccc(NCc2ccccc2)cc1. The third-order valence-corrected chi connectivity index (χ3v) is 3.61. The molecule has 5 N–H and O–H groups in total. The van der Waals surface area contributed by atoms with E-state index in [0.717, 1.165) is 17.8 Å². The maximum absolute atomic E-state index is 11.2. The highest BCUT2D eigenvalue weighted by Crippen LogP contribution is 2.11. The van der Waals surface area contributed by atoms with Gasteiger partial charge in [0, 0.05) is 25.4 Å². The monoisotopic (exact) mass is 313 g/mol. The summed E-state index contributed by atoms with van der Waals surface area (Å²) in [6.45, 7) is 1.24. The normalized spacial score (nSPS) is 11.9. The number of aliphatic hydroxyl groups is 1. The van der Waals surface area contributed by atoms with Crippen LogP contribution in [0.15, 0.2) is 54.6 Å². The van der Waals surface area contributed by atoms with E-state index in [2.05, 4.69) is 22.8 Å². The summed E-state index contributed by atoms with van der Waals surface area (Å²) in [5, 5.41) is 15.3. The zero-order chi connectivity index (χ0) is 16.5. The number of aliphatic hydroxyl groups excluding tert-OH is 1. The maximum Gasteiger partial charge on any atom is 0.234 e. The zero-order valence-corrected chi connectivity index (χ0v) is 13.0. The molecule has 0 aliphatic rings. The minimum atomic E-state index is -0.504. The lowest BCUT2D eigenvalue weighted by atomic mass is 10.1. The van der Waals surface area contributed by atoms with Crippen LogP contribution in [0.25, 0.3) is 0 Å². The molecule has 2 aromatic rings. The molecule has 0 heterocycles. The lowest BCUT2D eigenvalue weighted by Crippen LogP contribution is -2.41. The van der Waals surface area contributed by atoms with Gasteiger partial charge in [-0.05, 0) is 29.7 Å². The number of nitrogens with one attached hydrogen (secondary N) is 2. The molecule has 1 atom stereocenters. The number of carbonyl (C=O) groups excluding carboxylic acids is 1. The minimum absolute atomic E-state index is 0.0665. The Labute approximate surface area is 136 Å². The van der Waals surface area contributed by atoms with Gasteiger partial charge in [-0.25, -0.2) is 0 Å². The van der Waals surface area contributed by atoms with Crippen molar-refractivity contribution in [1.29, 1.82) is 0 Å². The summed E-state index contributed by atoms with van der Waals surface area (Å²) in [6, 6.07) is 17.7. The fourth-order valence-electron chi connectivity index (χ4n) is 2.26. The minimum Gasteiger partial charge on any atom is -0.396 e. The summed E-state index contributed by atoms with van der Waals surface area (Å²) < 4.78 is 0. The Morgan fingerprint density at radius 1 is 1.00 bits per heavy atom. The zero-order valence-electron chi connectivity index (χ0n) is 13.0. The molecule has 5 heteroatoms. The Morgan fingerprint density at radius 3 is 2.26 bits per heavy atom. The third kappa shape index (κ3) is 5.73. The van der Waals surface area contributed by atoms with Crippen LogP contribution in [0.5, 0.6) is 0 Å². The van der Waals surface area contributed by atoms with Crippen LogP contribution in [0.1, 0.15) is 17.5 Å². The Morgan fingerprint density at radius 2 is 1.65 bits per heavy atom. The van der Waals surface area contributed by atoms with Gasteiger partial charge in [0.1, 0.15) is 0 Å². The second-order valence-electron chi connectivity index (χ2n) is 5.38. The molecule has 0 saturated carbocycles. The summed E-state index contributed by atoms with van der Waals surface area (Å²) in [6.07, 6.45) is 0.325. The molecule has 0 fully saturated rings. The van der Waals surface area contributed by atoms with Crippen molar-refractivity contribution in [2.45, 2.75) is 25.6 Å². The van der Waals surface area contributed by atoms with E-state index in [0.29, 0.717) is 13.0 Å². The van der Waals surface area contributed by atoms with E-state index in [-0.39, 0.29) is 6.61 Å². The number of carbonyl (C=O) groups is 1. The number of anilines is 1. The second-order valence-corrected chi connectivity index (χ2v) is 5.38. The molecule has 0 bridgehead atoms. The van der Waals surface area contributed by atoms with Gasteiger partial charge in [0.15, 0.2) is 0 Å². The first-order chi connectivity index (χ1) is 11.2. The van der Waals surface area contributed by atoms with Gasteiger partial charge in [0.2, 0.25) is 5.91 Å². The standard InChI is InChI=1S/C18H23N3O2/c19-18(23)17(10-11-22)21-13-15-6-8-16(9-7-15)20-12-14-4-2-1-3-5-14/h1-9,17,20-22H,10-13H2,(H2,19,23). The largest absolute Gasteiger partial charge is 0.396 e. The molecule has 0 aliphatic heterocycles. The topological polar surface area (TPSA) is 87.4 Å². The summed E-state index contributed by atoms with van der Waals surface area (Å²) in [4.78, 5) is 11.2. The summed E-state index contributed by atoms with van der Waals surface area (Å²) in [5.74, 6) is -0.444. The highest BCUT2D eigenvalue weighted by atomic mass is 16.3. The van der Waals surface area contributed by atoms with Gasteiger partial charge in [-0.2, -0.15) is 0 Å². The number of amides is 1. The number of hydrogen-bond donors (Lipinski definition) is 4. The van der Waals surface area contributed by atoms with Crippen molar-refractivity contribution in [3.05, 3.63) is 65.7 Å². The van der Waals surface area contributed by atoms with E-state index in [1.54, 1.807) is 0 Å². The van der Waals surface area contributed by atoms with Crippen molar-refractivity contribution in [3.8, 4) is 0 Å². The second kappa shape index (κ2) is 8.92. The van der Waals surface area contributed by atoms with Crippen LogP contribution >= 0.6 is 0 Å². The van der Waals surface area contributed by atoms with E-state index in [1.165, 1.54) is 5.56 Å². The van der Waals surface area contributed by atoms with Crippen molar-refractivity contribution in [2.75, 3.05) is 11.9 Å². The number of benzene rings is 2. The molecule has 1 unspecified atom stereocenters. The molecule has 23 heavy (non-hydrogen) atoms. The molecule has 0 spiro atoms. The molecule has 2 aromatic carbocycles. The smallest absolute Gasteiger partial charge is 0.234 e. The molecule has 122 valence electrons. The van der Waals surface area contributed by atoms with Gasteiger partial charge in [-0.3, -0.25) is 4.79 Å². The average Bonchev–Trinajstić information content (AvgIpc) is 2.58. The average molecular weight is 313 g/mol. The number of nitrogens with two attached hydrogens (primary N) is 1. The van der Waals surface area contributed by atoms with Crippen LogP contribution in [0.4, 0.5) is 5.69 Å². The Kier molecular flexibility index (Phi) is 6.59. The predicted molar refractivity (Wildman–Crippen MR) is 91.7 cm³/mol. The van der Waals surface area contributed by atoms with Crippen LogP contribution in [-0.4, -0.2) is 23.7 Å². The van der Waals surface area contributed by atoms with Crippen LogP contribution in [0.3, 0.4) is 0 Å². The summed E-state index contributed by atoms with van der Waals surface area (Å²) in [7, 11) is 0. The molecule has 0 radical (unpaired) electrons. The molecule has 5 nitrogen and oxygen atoms in total. The van der Waals surface area contributed by atoms with Crippen molar-refractivity contribution < 1.29 is 9.90 Å². The third-order valence-electron chi connectivity index (χ3n) is 3.61. The van der Waals surface area contributed by atoms with E-state index < -0.39 is 11.9 Å². The van der Waals surface area contributed by atoms with Gasteiger partial charge in [0.25, 0.3) is 0 Å². The van der Waals surface area contributed by atoms with Gasteiger partial charge >= 0.3 is 0 Å². The first kappa shape index (κ1) is 17.0. The van der Waals surface area contributed by atoms with Gasteiger partial charge in [-0.1, -0.05) is 42.5 Å². The number of primary amides is 1. The van der Waals surface area contributed by atoms with E-state index >= 15 is 0 Å². The van der Waals surface area contributed by atoms with Gasteiger partial charge in [0.05, 0.1) is 6.04 Å².